The largest absolute Gasteiger partial charge is 0.396 e. The predicted molar refractivity (Wildman–Crippen MR) is 72.4 cm³/mol. The minimum Gasteiger partial charge on any atom is -0.396 e. The fourth-order valence-corrected chi connectivity index (χ4v) is 1.77. The van der Waals surface area contributed by atoms with Crippen LogP contribution in [0.5, 0.6) is 0 Å². The maximum absolute atomic E-state index is 10.9. The third kappa shape index (κ3) is 4.56. The summed E-state index contributed by atoms with van der Waals surface area (Å²) in [6, 6.07) is 3.71. The van der Waals surface area contributed by atoms with Crippen molar-refractivity contribution in [2.75, 3.05) is 6.61 Å². The maximum Gasteiger partial charge on any atom is 0.280 e. The quantitative estimate of drug-likeness (QED) is 0.554. The molecule has 1 aromatic carbocycles. The van der Waals surface area contributed by atoms with Gasteiger partial charge in [0, 0.05) is 30.8 Å². The van der Waals surface area contributed by atoms with Crippen LogP contribution in [-0.2, 0) is 6.54 Å². The van der Waals surface area contributed by atoms with Gasteiger partial charge in [0.1, 0.15) is 0 Å². The zero-order chi connectivity index (χ0) is 15.1. The van der Waals surface area contributed by atoms with E-state index in [0.29, 0.717) is 12.0 Å². The molecule has 1 aromatic rings. The molecule has 20 heavy (non-hydrogen) atoms. The lowest BCUT2D eigenvalue weighted by molar-refractivity contribution is -0.394. The topological polar surface area (TPSA) is 119 Å². The van der Waals surface area contributed by atoms with Crippen LogP contribution in [0.1, 0.15) is 25.3 Å². The third-order valence-electron chi connectivity index (χ3n) is 2.91. The Kier molecular flexibility index (Phi) is 6.01. The molecule has 0 bridgehead atoms. The van der Waals surface area contributed by atoms with Crippen molar-refractivity contribution >= 4 is 11.4 Å². The highest BCUT2D eigenvalue weighted by Gasteiger charge is 2.19. The Hall–Kier alpha value is -2.06. The normalized spacial score (nSPS) is 12.1. The highest BCUT2D eigenvalue weighted by atomic mass is 16.6. The summed E-state index contributed by atoms with van der Waals surface area (Å²) in [5, 5.41) is 33.4. The monoisotopic (exact) mass is 283 g/mol. The summed E-state index contributed by atoms with van der Waals surface area (Å²) in [5.74, 6) is 0. The molecular formula is C12H17N3O5. The zero-order valence-corrected chi connectivity index (χ0v) is 11.1. The molecule has 0 heterocycles. The lowest BCUT2D eigenvalue weighted by atomic mass is 10.1. The van der Waals surface area contributed by atoms with Gasteiger partial charge in [0.05, 0.1) is 15.9 Å². The number of hydrogen-bond donors (Lipinski definition) is 2. The van der Waals surface area contributed by atoms with E-state index < -0.39 is 9.85 Å². The molecule has 0 aliphatic heterocycles. The summed E-state index contributed by atoms with van der Waals surface area (Å²) in [6.45, 7) is 2.26. The molecule has 0 aliphatic rings. The number of aliphatic hydroxyl groups is 1. The predicted octanol–water partition coefficient (Wildman–Crippen LogP) is 1.75. The lowest BCUT2D eigenvalue weighted by Gasteiger charge is -2.13. The number of aliphatic hydroxyl groups excluding tert-OH is 1. The van der Waals surface area contributed by atoms with Crippen LogP contribution in [0.3, 0.4) is 0 Å². The van der Waals surface area contributed by atoms with Gasteiger partial charge in [0.2, 0.25) is 0 Å². The van der Waals surface area contributed by atoms with Crippen molar-refractivity contribution in [2.24, 2.45) is 0 Å². The number of nitrogens with one attached hydrogen (secondary N) is 1. The number of hydrogen-bond acceptors (Lipinski definition) is 6. The van der Waals surface area contributed by atoms with Gasteiger partial charge in [-0.1, -0.05) is 0 Å². The van der Waals surface area contributed by atoms with Crippen molar-refractivity contribution in [2.45, 2.75) is 32.4 Å². The first kappa shape index (κ1) is 16.0. The number of nitro groups is 2. The molecular weight excluding hydrogens is 266 g/mol. The second kappa shape index (κ2) is 7.51. The van der Waals surface area contributed by atoms with Crippen LogP contribution >= 0.6 is 0 Å². The zero-order valence-electron chi connectivity index (χ0n) is 11.1. The van der Waals surface area contributed by atoms with E-state index in [-0.39, 0.29) is 30.6 Å². The molecule has 2 N–H and O–H groups in total. The Labute approximate surface area is 115 Å². The number of rotatable bonds is 8. The fourth-order valence-electron chi connectivity index (χ4n) is 1.77. The van der Waals surface area contributed by atoms with Crippen molar-refractivity contribution in [1.82, 2.24) is 5.32 Å². The Morgan fingerprint density at radius 1 is 1.30 bits per heavy atom. The van der Waals surface area contributed by atoms with Crippen molar-refractivity contribution in [1.29, 1.82) is 0 Å². The fraction of sp³-hybridized carbons (Fsp3) is 0.500. The third-order valence-corrected chi connectivity index (χ3v) is 2.91. The Morgan fingerprint density at radius 2 is 2.00 bits per heavy atom. The first-order valence-corrected chi connectivity index (χ1v) is 6.21. The molecule has 8 heteroatoms. The number of nitrogens with zero attached hydrogens (tertiary/aromatic N) is 2. The second-order valence-electron chi connectivity index (χ2n) is 4.48. The summed E-state index contributed by atoms with van der Waals surface area (Å²) < 4.78 is 0. The molecule has 0 aromatic heterocycles. The van der Waals surface area contributed by atoms with Crippen LogP contribution in [0.25, 0.3) is 0 Å². The van der Waals surface area contributed by atoms with Crippen LogP contribution in [0.2, 0.25) is 0 Å². The van der Waals surface area contributed by atoms with Crippen LogP contribution in [0.15, 0.2) is 18.2 Å². The van der Waals surface area contributed by atoms with Crippen molar-refractivity contribution < 1.29 is 15.0 Å². The van der Waals surface area contributed by atoms with Gasteiger partial charge in [0.25, 0.3) is 11.4 Å². The molecule has 0 saturated heterocycles. The molecule has 8 nitrogen and oxygen atoms in total. The summed E-state index contributed by atoms with van der Waals surface area (Å²) in [4.78, 5) is 20.3. The first-order valence-electron chi connectivity index (χ1n) is 6.21. The number of nitro benzene ring substituents is 2. The van der Waals surface area contributed by atoms with Gasteiger partial charge in [-0.15, -0.1) is 0 Å². The van der Waals surface area contributed by atoms with Crippen LogP contribution in [-0.4, -0.2) is 27.6 Å². The minimum absolute atomic E-state index is 0.0944. The van der Waals surface area contributed by atoms with E-state index in [1.807, 2.05) is 6.92 Å². The van der Waals surface area contributed by atoms with E-state index in [9.17, 15) is 20.2 Å². The summed E-state index contributed by atoms with van der Waals surface area (Å²) in [7, 11) is 0. The molecule has 1 rings (SSSR count). The smallest absolute Gasteiger partial charge is 0.280 e. The summed E-state index contributed by atoms with van der Waals surface area (Å²) in [6.07, 6.45) is 1.40. The van der Waals surface area contributed by atoms with E-state index in [1.54, 1.807) is 0 Å². The lowest BCUT2D eigenvalue weighted by Crippen LogP contribution is -2.26. The molecule has 110 valence electrons. The van der Waals surface area contributed by atoms with Crippen molar-refractivity contribution in [3.63, 3.8) is 0 Å². The van der Waals surface area contributed by atoms with E-state index >= 15 is 0 Å². The highest BCUT2D eigenvalue weighted by Crippen LogP contribution is 2.24. The van der Waals surface area contributed by atoms with Crippen molar-refractivity contribution in [3.05, 3.63) is 44.0 Å². The molecule has 1 atom stereocenters. The van der Waals surface area contributed by atoms with Crippen LogP contribution < -0.4 is 5.32 Å². The van der Waals surface area contributed by atoms with Gasteiger partial charge in [-0.25, -0.2) is 0 Å². The Bertz CT molecular complexity index is 492. The maximum atomic E-state index is 10.9. The van der Waals surface area contributed by atoms with Gasteiger partial charge in [-0.3, -0.25) is 20.2 Å². The Balaban J connectivity index is 2.79. The van der Waals surface area contributed by atoms with Crippen molar-refractivity contribution in [3.8, 4) is 0 Å². The molecule has 0 radical (unpaired) electrons. The van der Waals surface area contributed by atoms with Crippen LogP contribution in [0, 0.1) is 20.2 Å². The van der Waals surface area contributed by atoms with Gasteiger partial charge < -0.3 is 10.4 Å². The molecule has 0 spiro atoms. The van der Waals surface area contributed by atoms with E-state index in [4.69, 9.17) is 5.11 Å². The second-order valence-corrected chi connectivity index (χ2v) is 4.48. The summed E-state index contributed by atoms with van der Waals surface area (Å²) >= 11 is 0. The minimum atomic E-state index is -0.659. The van der Waals surface area contributed by atoms with E-state index in [0.717, 1.165) is 12.5 Å². The molecule has 0 amide bonds. The highest BCUT2D eigenvalue weighted by molar-refractivity contribution is 5.49. The van der Waals surface area contributed by atoms with Gasteiger partial charge in [-0.05, 0) is 25.8 Å². The average Bonchev–Trinajstić information content (AvgIpc) is 2.42. The standard InChI is InChI=1S/C12H17N3O5/c1-9(3-2-6-16)13-8-10-4-5-11(14(17)18)7-12(10)15(19)20/h4-5,7,9,13,16H,2-3,6,8H2,1H3. The average molecular weight is 283 g/mol. The van der Waals surface area contributed by atoms with Gasteiger partial charge in [0.15, 0.2) is 0 Å². The summed E-state index contributed by atoms with van der Waals surface area (Å²) in [5.41, 5.74) is -0.161. The number of benzene rings is 1. The molecule has 0 aliphatic carbocycles. The van der Waals surface area contributed by atoms with Gasteiger partial charge in [-0.2, -0.15) is 0 Å². The van der Waals surface area contributed by atoms with Crippen LogP contribution in [0.4, 0.5) is 11.4 Å². The van der Waals surface area contributed by atoms with Gasteiger partial charge >= 0.3 is 0 Å². The SMILES string of the molecule is CC(CCCO)NCc1ccc([N+](=O)[O-])cc1[N+](=O)[O-]. The molecule has 0 fully saturated rings. The number of non-ortho nitro benzene ring substituents is 1. The van der Waals surface area contributed by atoms with E-state index in [1.165, 1.54) is 12.1 Å². The first-order chi connectivity index (χ1) is 9.45. The molecule has 1 unspecified atom stereocenters. The molecule has 0 saturated carbocycles. The Morgan fingerprint density at radius 3 is 2.55 bits per heavy atom. The van der Waals surface area contributed by atoms with E-state index in [2.05, 4.69) is 5.32 Å².